The Kier molecular flexibility index (Phi) is 3.45. The molecule has 0 N–H and O–H groups in total. The maximum atomic E-state index is 11.9. The summed E-state index contributed by atoms with van der Waals surface area (Å²) in [6.07, 6.45) is 5.57. The Morgan fingerprint density at radius 2 is 2.36 bits per heavy atom. The molecular weight excluding hydrogens is 172 g/mol. The Labute approximate surface area is 86.2 Å². The third-order valence-electron chi connectivity index (χ3n) is 2.94. The SMILES string of the molecule is C=CC[C@H]1C(=O)C(C)=CC[C@@H]1C(=C)C. The van der Waals surface area contributed by atoms with E-state index >= 15 is 0 Å². The van der Waals surface area contributed by atoms with Crippen molar-refractivity contribution in [2.75, 3.05) is 0 Å². The average molecular weight is 190 g/mol. The zero-order chi connectivity index (χ0) is 10.7. The molecule has 1 heteroatoms. The van der Waals surface area contributed by atoms with Crippen molar-refractivity contribution in [1.29, 1.82) is 0 Å². The van der Waals surface area contributed by atoms with Crippen LogP contribution in [0.15, 0.2) is 36.5 Å². The molecule has 76 valence electrons. The summed E-state index contributed by atoms with van der Waals surface area (Å²) in [5.74, 6) is 0.656. The summed E-state index contributed by atoms with van der Waals surface area (Å²) in [4.78, 5) is 11.9. The summed E-state index contributed by atoms with van der Waals surface area (Å²) in [5.41, 5.74) is 2.00. The molecule has 1 rings (SSSR count). The molecule has 0 aromatic carbocycles. The number of allylic oxidation sites excluding steroid dienone is 4. The summed E-state index contributed by atoms with van der Waals surface area (Å²) in [6.45, 7) is 11.6. The summed E-state index contributed by atoms with van der Waals surface area (Å²) in [6, 6.07) is 0. The van der Waals surface area contributed by atoms with Crippen LogP contribution >= 0.6 is 0 Å². The van der Waals surface area contributed by atoms with E-state index in [-0.39, 0.29) is 11.7 Å². The van der Waals surface area contributed by atoms with Gasteiger partial charge in [-0.3, -0.25) is 4.79 Å². The first kappa shape index (κ1) is 11.0. The van der Waals surface area contributed by atoms with Crippen molar-refractivity contribution in [3.63, 3.8) is 0 Å². The third-order valence-corrected chi connectivity index (χ3v) is 2.94. The molecule has 0 heterocycles. The monoisotopic (exact) mass is 190 g/mol. The van der Waals surface area contributed by atoms with E-state index in [9.17, 15) is 4.79 Å². The second-order valence-electron chi connectivity index (χ2n) is 4.07. The van der Waals surface area contributed by atoms with E-state index < -0.39 is 0 Å². The van der Waals surface area contributed by atoms with E-state index in [4.69, 9.17) is 0 Å². The second kappa shape index (κ2) is 4.41. The molecule has 0 radical (unpaired) electrons. The van der Waals surface area contributed by atoms with Gasteiger partial charge in [0.2, 0.25) is 0 Å². The molecule has 0 bridgehead atoms. The molecule has 0 aromatic heterocycles. The highest BCUT2D eigenvalue weighted by Gasteiger charge is 2.30. The minimum absolute atomic E-state index is 0.0787. The highest BCUT2D eigenvalue weighted by Crippen LogP contribution is 2.33. The van der Waals surface area contributed by atoms with Crippen LogP contribution in [0.2, 0.25) is 0 Å². The van der Waals surface area contributed by atoms with Crippen molar-refractivity contribution in [1.82, 2.24) is 0 Å². The van der Waals surface area contributed by atoms with Gasteiger partial charge in [-0.1, -0.05) is 24.3 Å². The Morgan fingerprint density at radius 3 is 2.86 bits per heavy atom. The van der Waals surface area contributed by atoms with Gasteiger partial charge in [-0.05, 0) is 38.2 Å². The first-order valence-electron chi connectivity index (χ1n) is 5.05. The van der Waals surface area contributed by atoms with Crippen LogP contribution in [0.4, 0.5) is 0 Å². The fraction of sp³-hybridized carbons (Fsp3) is 0.462. The van der Waals surface area contributed by atoms with Crippen molar-refractivity contribution >= 4 is 5.78 Å². The summed E-state index contributed by atoms with van der Waals surface area (Å²) in [5, 5.41) is 0. The molecule has 0 amide bonds. The largest absolute Gasteiger partial charge is 0.294 e. The molecule has 0 saturated carbocycles. The summed E-state index contributed by atoms with van der Waals surface area (Å²) in [7, 11) is 0. The molecular formula is C13H18O. The van der Waals surface area contributed by atoms with E-state index in [1.165, 1.54) is 0 Å². The number of hydrogen-bond donors (Lipinski definition) is 0. The van der Waals surface area contributed by atoms with Gasteiger partial charge in [0.1, 0.15) is 0 Å². The Hall–Kier alpha value is -1.11. The molecule has 14 heavy (non-hydrogen) atoms. The summed E-state index contributed by atoms with van der Waals surface area (Å²) >= 11 is 0. The third kappa shape index (κ3) is 2.03. The van der Waals surface area contributed by atoms with Gasteiger partial charge in [0, 0.05) is 5.92 Å². The predicted octanol–water partition coefficient (Wildman–Crippen LogP) is 3.29. The van der Waals surface area contributed by atoms with Gasteiger partial charge < -0.3 is 0 Å². The van der Waals surface area contributed by atoms with Crippen LogP contribution in [-0.4, -0.2) is 5.78 Å². The van der Waals surface area contributed by atoms with Crippen molar-refractivity contribution < 1.29 is 4.79 Å². The van der Waals surface area contributed by atoms with E-state index in [2.05, 4.69) is 13.2 Å². The van der Waals surface area contributed by atoms with Gasteiger partial charge >= 0.3 is 0 Å². The number of carbonyl (C=O) groups is 1. The number of ketones is 1. The zero-order valence-corrected chi connectivity index (χ0v) is 9.05. The molecule has 0 saturated heterocycles. The average Bonchev–Trinajstić information content (AvgIpc) is 2.13. The van der Waals surface area contributed by atoms with Crippen LogP contribution in [0.25, 0.3) is 0 Å². The van der Waals surface area contributed by atoms with Gasteiger partial charge in [0.25, 0.3) is 0 Å². The molecule has 1 aliphatic rings. The molecule has 0 aliphatic heterocycles. The van der Waals surface area contributed by atoms with Crippen LogP contribution in [0.5, 0.6) is 0 Å². The Morgan fingerprint density at radius 1 is 1.71 bits per heavy atom. The normalized spacial score (nSPS) is 27.0. The highest BCUT2D eigenvalue weighted by molar-refractivity contribution is 5.97. The van der Waals surface area contributed by atoms with Crippen LogP contribution in [0.3, 0.4) is 0 Å². The molecule has 1 nitrogen and oxygen atoms in total. The van der Waals surface area contributed by atoms with Crippen LogP contribution in [0, 0.1) is 11.8 Å². The second-order valence-corrected chi connectivity index (χ2v) is 4.07. The van der Waals surface area contributed by atoms with E-state index in [1.807, 2.05) is 26.0 Å². The number of rotatable bonds is 3. The van der Waals surface area contributed by atoms with Crippen molar-refractivity contribution in [2.45, 2.75) is 26.7 Å². The van der Waals surface area contributed by atoms with Crippen molar-refractivity contribution in [3.8, 4) is 0 Å². The minimum Gasteiger partial charge on any atom is -0.294 e. The van der Waals surface area contributed by atoms with E-state index in [0.29, 0.717) is 5.92 Å². The maximum Gasteiger partial charge on any atom is 0.162 e. The quantitative estimate of drug-likeness (QED) is 0.624. The van der Waals surface area contributed by atoms with Gasteiger partial charge in [0.15, 0.2) is 5.78 Å². The standard InChI is InChI=1S/C13H18O/c1-5-6-12-11(9(2)3)8-7-10(4)13(12)14/h5,7,11-12H,1-2,6,8H2,3-4H3/t11-,12-/m1/s1. The van der Waals surface area contributed by atoms with E-state index in [0.717, 1.165) is 24.0 Å². The fourth-order valence-corrected chi connectivity index (χ4v) is 2.04. The molecule has 0 aromatic rings. The lowest BCUT2D eigenvalue weighted by atomic mass is 9.74. The van der Waals surface area contributed by atoms with Gasteiger partial charge in [0.05, 0.1) is 0 Å². The summed E-state index contributed by atoms with van der Waals surface area (Å²) < 4.78 is 0. The first-order chi connectivity index (χ1) is 6.57. The van der Waals surface area contributed by atoms with Crippen LogP contribution < -0.4 is 0 Å². The molecule has 1 aliphatic carbocycles. The molecule has 2 atom stereocenters. The number of hydrogen-bond acceptors (Lipinski definition) is 1. The molecule has 0 unspecified atom stereocenters. The Bertz CT molecular complexity index is 296. The topological polar surface area (TPSA) is 17.1 Å². The highest BCUT2D eigenvalue weighted by atomic mass is 16.1. The fourth-order valence-electron chi connectivity index (χ4n) is 2.04. The van der Waals surface area contributed by atoms with Gasteiger partial charge in [-0.2, -0.15) is 0 Å². The smallest absolute Gasteiger partial charge is 0.162 e. The van der Waals surface area contributed by atoms with Crippen LogP contribution in [-0.2, 0) is 4.79 Å². The zero-order valence-electron chi connectivity index (χ0n) is 9.05. The lowest BCUT2D eigenvalue weighted by Gasteiger charge is -2.28. The lowest BCUT2D eigenvalue weighted by Crippen LogP contribution is -2.28. The number of carbonyl (C=O) groups excluding carboxylic acids is 1. The molecule has 0 spiro atoms. The molecule has 0 fully saturated rings. The predicted molar refractivity (Wildman–Crippen MR) is 60.0 cm³/mol. The van der Waals surface area contributed by atoms with Gasteiger partial charge in [-0.25, -0.2) is 0 Å². The number of Topliss-reactive ketones (excluding diaryl/α,β-unsaturated/α-hetero) is 1. The Balaban J connectivity index is 2.92. The van der Waals surface area contributed by atoms with E-state index in [1.54, 1.807) is 0 Å². The maximum absolute atomic E-state index is 11.9. The van der Waals surface area contributed by atoms with Crippen LogP contribution in [0.1, 0.15) is 26.7 Å². The first-order valence-corrected chi connectivity index (χ1v) is 5.05. The lowest BCUT2D eigenvalue weighted by molar-refractivity contribution is -0.120. The minimum atomic E-state index is 0.0787. The van der Waals surface area contributed by atoms with Crippen molar-refractivity contribution in [3.05, 3.63) is 36.5 Å². The van der Waals surface area contributed by atoms with Gasteiger partial charge in [-0.15, -0.1) is 6.58 Å². The van der Waals surface area contributed by atoms with Crippen molar-refractivity contribution in [2.24, 2.45) is 11.8 Å².